The van der Waals surface area contributed by atoms with Gasteiger partial charge in [-0.3, -0.25) is 0 Å². The third-order valence-corrected chi connectivity index (χ3v) is 2.81. The first-order valence-electron chi connectivity index (χ1n) is 6.72. The van der Waals surface area contributed by atoms with Gasteiger partial charge in [0.2, 0.25) is 0 Å². The van der Waals surface area contributed by atoms with Gasteiger partial charge in [0.1, 0.15) is 11.5 Å². The molecule has 0 bridgehead atoms. The molecule has 2 N–H and O–H groups in total. The van der Waals surface area contributed by atoms with E-state index < -0.39 is 0 Å². The van der Waals surface area contributed by atoms with Gasteiger partial charge >= 0.3 is 0 Å². The largest absolute Gasteiger partial charge is 0.497 e. The zero-order chi connectivity index (χ0) is 13.4. The molecule has 0 saturated carbocycles. The summed E-state index contributed by atoms with van der Waals surface area (Å²) in [5.41, 5.74) is 6.99. The Labute approximate surface area is 110 Å². The second-order valence-corrected chi connectivity index (χ2v) is 4.71. The lowest BCUT2D eigenvalue weighted by Crippen LogP contribution is -2.18. The third kappa shape index (κ3) is 4.96. The van der Waals surface area contributed by atoms with Gasteiger partial charge in [-0.2, -0.15) is 0 Å². The molecule has 0 fully saturated rings. The number of nitrogens with two attached hydrogens (primary N) is 1. The Bertz CT molecular complexity index is 350. The van der Waals surface area contributed by atoms with Gasteiger partial charge in [0, 0.05) is 6.04 Å². The van der Waals surface area contributed by atoms with E-state index >= 15 is 0 Å². The predicted molar refractivity (Wildman–Crippen MR) is 75.4 cm³/mol. The van der Waals surface area contributed by atoms with Gasteiger partial charge in [0.15, 0.2) is 0 Å². The summed E-state index contributed by atoms with van der Waals surface area (Å²) in [7, 11) is 1.67. The Balaban J connectivity index is 2.68. The number of rotatable bonds is 8. The third-order valence-electron chi connectivity index (χ3n) is 2.81. The Kier molecular flexibility index (Phi) is 6.58. The molecule has 0 radical (unpaired) electrons. The van der Waals surface area contributed by atoms with Crippen molar-refractivity contribution in [3.05, 3.63) is 23.8 Å². The summed E-state index contributed by atoms with van der Waals surface area (Å²) in [4.78, 5) is 0. The smallest absolute Gasteiger partial charge is 0.122 e. The molecule has 1 aromatic carbocycles. The van der Waals surface area contributed by atoms with Crippen LogP contribution in [0.1, 0.15) is 38.7 Å². The summed E-state index contributed by atoms with van der Waals surface area (Å²) in [6, 6.07) is 6.04. The fourth-order valence-corrected chi connectivity index (χ4v) is 1.86. The van der Waals surface area contributed by atoms with Crippen LogP contribution in [0.3, 0.4) is 0 Å². The van der Waals surface area contributed by atoms with Crippen molar-refractivity contribution in [2.24, 2.45) is 5.73 Å². The maximum Gasteiger partial charge on any atom is 0.122 e. The Morgan fingerprint density at radius 1 is 1.28 bits per heavy atom. The van der Waals surface area contributed by atoms with Crippen molar-refractivity contribution in [3.63, 3.8) is 0 Å². The van der Waals surface area contributed by atoms with Crippen LogP contribution in [0.5, 0.6) is 11.5 Å². The summed E-state index contributed by atoms with van der Waals surface area (Å²) >= 11 is 0. The highest BCUT2D eigenvalue weighted by atomic mass is 16.5. The zero-order valence-electron chi connectivity index (χ0n) is 11.7. The Morgan fingerprint density at radius 3 is 2.67 bits per heavy atom. The standard InChI is InChI=1S/C15H25NO2/c1-4-5-6-9-18-15-8-7-14(17-3)11-13(15)10-12(2)16/h7-8,11-12H,4-6,9-10,16H2,1-3H3. The number of hydrogen-bond donors (Lipinski definition) is 1. The van der Waals surface area contributed by atoms with E-state index in [0.717, 1.165) is 36.5 Å². The highest BCUT2D eigenvalue weighted by Gasteiger charge is 2.08. The Hall–Kier alpha value is -1.22. The monoisotopic (exact) mass is 251 g/mol. The molecular weight excluding hydrogens is 226 g/mol. The van der Waals surface area contributed by atoms with E-state index in [-0.39, 0.29) is 6.04 Å². The molecule has 0 saturated heterocycles. The van der Waals surface area contributed by atoms with Crippen LogP contribution >= 0.6 is 0 Å². The summed E-state index contributed by atoms with van der Waals surface area (Å²) in [5, 5.41) is 0. The van der Waals surface area contributed by atoms with E-state index in [1.165, 1.54) is 12.8 Å². The first-order chi connectivity index (χ1) is 8.67. The molecule has 102 valence electrons. The molecule has 0 aromatic heterocycles. The first-order valence-corrected chi connectivity index (χ1v) is 6.72. The minimum atomic E-state index is 0.120. The van der Waals surface area contributed by atoms with E-state index in [0.29, 0.717) is 0 Å². The summed E-state index contributed by atoms with van der Waals surface area (Å²) < 4.78 is 11.1. The second kappa shape index (κ2) is 7.98. The molecule has 1 aromatic rings. The topological polar surface area (TPSA) is 44.5 Å². The highest BCUT2D eigenvalue weighted by Crippen LogP contribution is 2.25. The summed E-state index contributed by atoms with van der Waals surface area (Å²) in [6.45, 7) is 4.96. The molecule has 3 nitrogen and oxygen atoms in total. The lowest BCUT2D eigenvalue weighted by Gasteiger charge is -2.14. The average molecular weight is 251 g/mol. The van der Waals surface area contributed by atoms with Crippen molar-refractivity contribution in [2.75, 3.05) is 13.7 Å². The highest BCUT2D eigenvalue weighted by molar-refractivity contribution is 5.40. The predicted octanol–water partition coefficient (Wildman–Crippen LogP) is 3.15. The van der Waals surface area contributed by atoms with Gasteiger partial charge in [-0.25, -0.2) is 0 Å². The van der Waals surface area contributed by atoms with Crippen LogP contribution in [-0.4, -0.2) is 19.8 Å². The van der Waals surface area contributed by atoms with Crippen molar-refractivity contribution in [3.8, 4) is 11.5 Å². The van der Waals surface area contributed by atoms with Gasteiger partial charge in [-0.1, -0.05) is 19.8 Å². The normalized spacial score (nSPS) is 12.2. The molecular formula is C15H25NO2. The molecule has 3 heteroatoms. The number of hydrogen-bond acceptors (Lipinski definition) is 3. The number of benzene rings is 1. The number of ether oxygens (including phenoxy) is 2. The fraction of sp³-hybridized carbons (Fsp3) is 0.600. The first kappa shape index (κ1) is 14.8. The maximum atomic E-state index is 5.86. The van der Waals surface area contributed by atoms with Crippen LogP contribution in [0.4, 0.5) is 0 Å². The van der Waals surface area contributed by atoms with Crippen molar-refractivity contribution in [2.45, 2.75) is 45.6 Å². The van der Waals surface area contributed by atoms with Crippen LogP contribution in [0.15, 0.2) is 18.2 Å². The molecule has 1 atom stereocenters. The van der Waals surface area contributed by atoms with E-state index in [4.69, 9.17) is 15.2 Å². The van der Waals surface area contributed by atoms with E-state index in [9.17, 15) is 0 Å². The molecule has 0 aliphatic carbocycles. The van der Waals surface area contributed by atoms with E-state index in [1.807, 2.05) is 25.1 Å². The summed E-state index contributed by atoms with van der Waals surface area (Å²) in [6.07, 6.45) is 4.32. The Morgan fingerprint density at radius 2 is 2.06 bits per heavy atom. The van der Waals surface area contributed by atoms with Crippen LogP contribution < -0.4 is 15.2 Å². The van der Waals surface area contributed by atoms with Gasteiger partial charge in [0.05, 0.1) is 13.7 Å². The van der Waals surface area contributed by atoms with Gasteiger partial charge in [-0.05, 0) is 43.5 Å². The lowest BCUT2D eigenvalue weighted by molar-refractivity contribution is 0.302. The fourth-order valence-electron chi connectivity index (χ4n) is 1.86. The van der Waals surface area contributed by atoms with Crippen molar-refractivity contribution in [1.82, 2.24) is 0 Å². The average Bonchev–Trinajstić information content (AvgIpc) is 2.35. The van der Waals surface area contributed by atoms with Gasteiger partial charge < -0.3 is 15.2 Å². The quantitative estimate of drug-likeness (QED) is 0.722. The van der Waals surface area contributed by atoms with Crippen molar-refractivity contribution >= 4 is 0 Å². The van der Waals surface area contributed by atoms with E-state index in [2.05, 4.69) is 6.92 Å². The molecule has 0 spiro atoms. The van der Waals surface area contributed by atoms with Gasteiger partial charge in [0.25, 0.3) is 0 Å². The van der Waals surface area contributed by atoms with E-state index in [1.54, 1.807) is 7.11 Å². The molecule has 0 aliphatic rings. The van der Waals surface area contributed by atoms with Crippen LogP contribution in [0.2, 0.25) is 0 Å². The van der Waals surface area contributed by atoms with Gasteiger partial charge in [-0.15, -0.1) is 0 Å². The molecule has 0 heterocycles. The van der Waals surface area contributed by atoms with Crippen LogP contribution in [0, 0.1) is 0 Å². The SMILES string of the molecule is CCCCCOc1ccc(OC)cc1CC(C)N. The lowest BCUT2D eigenvalue weighted by atomic mass is 10.1. The van der Waals surface area contributed by atoms with Crippen LogP contribution in [-0.2, 0) is 6.42 Å². The van der Waals surface area contributed by atoms with Crippen molar-refractivity contribution in [1.29, 1.82) is 0 Å². The molecule has 0 aliphatic heterocycles. The second-order valence-electron chi connectivity index (χ2n) is 4.71. The molecule has 1 unspecified atom stereocenters. The van der Waals surface area contributed by atoms with Crippen molar-refractivity contribution < 1.29 is 9.47 Å². The molecule has 1 rings (SSSR count). The minimum absolute atomic E-state index is 0.120. The maximum absolute atomic E-state index is 5.86. The van der Waals surface area contributed by atoms with Crippen LogP contribution in [0.25, 0.3) is 0 Å². The number of methoxy groups -OCH3 is 1. The molecule has 18 heavy (non-hydrogen) atoms. The zero-order valence-corrected chi connectivity index (χ0v) is 11.7. The molecule has 0 amide bonds. The number of unbranched alkanes of at least 4 members (excludes halogenated alkanes) is 2. The summed E-state index contributed by atoms with van der Waals surface area (Å²) in [5.74, 6) is 1.79. The minimum Gasteiger partial charge on any atom is -0.497 e.